The van der Waals surface area contributed by atoms with Crippen LogP contribution in [0.2, 0.25) is 5.02 Å². The lowest BCUT2D eigenvalue weighted by molar-refractivity contribution is -0.274. The van der Waals surface area contributed by atoms with Crippen LogP contribution in [-0.2, 0) is 27.7 Å². The predicted octanol–water partition coefficient (Wildman–Crippen LogP) is 5.01. The molecular formula is C27H33ClF3N3O6S. The topological polar surface area (TPSA) is 105 Å². The Morgan fingerprint density at radius 1 is 1.02 bits per heavy atom. The van der Waals surface area contributed by atoms with Crippen LogP contribution in [0.4, 0.5) is 18.0 Å². The highest BCUT2D eigenvalue weighted by atomic mass is 35.5. The number of benzene rings is 2. The molecule has 41 heavy (non-hydrogen) atoms. The minimum atomic E-state index is -4.98. The number of ether oxygens (including phenoxy) is 2. The molecule has 0 aliphatic carbocycles. The molecule has 1 N–H and O–H groups in total. The number of nitrogens with one attached hydrogen (secondary N) is 1. The van der Waals surface area contributed by atoms with Crippen LogP contribution in [0.25, 0.3) is 0 Å². The van der Waals surface area contributed by atoms with Crippen molar-refractivity contribution in [3.05, 3.63) is 58.1 Å². The van der Waals surface area contributed by atoms with E-state index in [1.54, 1.807) is 25.7 Å². The molecule has 1 heterocycles. The SMILES string of the molecule is CCS(=O)(=O)c1ccc(Cl)cc1CNC(=O)c1cc(CN2CCN(C(=O)OC(C)(C)C)CC2)cc(OC(F)(F)F)c1. The van der Waals surface area contributed by atoms with Gasteiger partial charge in [-0.1, -0.05) is 18.5 Å². The Kier molecular flexibility index (Phi) is 10.2. The number of alkyl halides is 3. The van der Waals surface area contributed by atoms with Crippen LogP contribution in [0.1, 0.15) is 49.2 Å². The maximum absolute atomic E-state index is 13.0. The van der Waals surface area contributed by atoms with Crippen LogP contribution in [-0.4, -0.2) is 74.1 Å². The number of hydrogen-bond donors (Lipinski definition) is 1. The number of hydrogen-bond acceptors (Lipinski definition) is 7. The van der Waals surface area contributed by atoms with Crippen LogP contribution in [0, 0.1) is 0 Å². The Bertz CT molecular complexity index is 1370. The monoisotopic (exact) mass is 619 g/mol. The predicted molar refractivity (Wildman–Crippen MR) is 147 cm³/mol. The number of amides is 2. The van der Waals surface area contributed by atoms with Gasteiger partial charge in [-0.2, -0.15) is 0 Å². The Labute approximate surface area is 242 Å². The lowest BCUT2D eigenvalue weighted by atomic mass is 10.1. The summed E-state index contributed by atoms with van der Waals surface area (Å²) >= 11 is 6.03. The third kappa shape index (κ3) is 9.79. The number of piperazine rings is 1. The van der Waals surface area contributed by atoms with Gasteiger partial charge in [-0.05, 0) is 68.3 Å². The van der Waals surface area contributed by atoms with Gasteiger partial charge < -0.3 is 19.7 Å². The zero-order valence-electron chi connectivity index (χ0n) is 23.2. The second-order valence-electron chi connectivity index (χ2n) is 10.5. The van der Waals surface area contributed by atoms with Gasteiger partial charge in [-0.25, -0.2) is 13.2 Å². The first-order valence-electron chi connectivity index (χ1n) is 12.8. The van der Waals surface area contributed by atoms with Crippen LogP contribution in [0.3, 0.4) is 0 Å². The molecule has 3 rings (SSSR count). The fourth-order valence-corrected chi connectivity index (χ4v) is 5.48. The van der Waals surface area contributed by atoms with Gasteiger partial charge >= 0.3 is 12.5 Å². The van der Waals surface area contributed by atoms with Crippen LogP contribution in [0.5, 0.6) is 5.75 Å². The molecule has 0 aromatic heterocycles. The highest BCUT2D eigenvalue weighted by Crippen LogP contribution is 2.27. The summed E-state index contributed by atoms with van der Waals surface area (Å²) in [5.74, 6) is -1.46. The van der Waals surface area contributed by atoms with E-state index in [4.69, 9.17) is 16.3 Å². The molecule has 14 heteroatoms. The Morgan fingerprint density at radius 3 is 2.27 bits per heavy atom. The molecule has 0 bridgehead atoms. The number of nitrogens with zero attached hydrogens (tertiary/aromatic N) is 2. The first-order valence-corrected chi connectivity index (χ1v) is 14.9. The average Bonchev–Trinajstić information content (AvgIpc) is 2.85. The number of halogens is 4. The van der Waals surface area contributed by atoms with E-state index >= 15 is 0 Å². The van der Waals surface area contributed by atoms with E-state index in [1.165, 1.54) is 37.3 Å². The summed E-state index contributed by atoms with van der Waals surface area (Å²) in [6.07, 6.45) is -5.42. The largest absolute Gasteiger partial charge is 0.573 e. The van der Waals surface area contributed by atoms with E-state index in [1.807, 2.05) is 4.90 Å². The highest BCUT2D eigenvalue weighted by molar-refractivity contribution is 7.91. The van der Waals surface area contributed by atoms with E-state index < -0.39 is 39.6 Å². The summed E-state index contributed by atoms with van der Waals surface area (Å²) < 4.78 is 73.6. The van der Waals surface area contributed by atoms with Crippen LogP contribution in [0.15, 0.2) is 41.3 Å². The molecule has 0 unspecified atom stereocenters. The van der Waals surface area contributed by atoms with Gasteiger partial charge in [0.2, 0.25) is 0 Å². The van der Waals surface area contributed by atoms with E-state index in [-0.39, 0.29) is 39.9 Å². The van der Waals surface area contributed by atoms with Gasteiger partial charge in [0.05, 0.1) is 10.6 Å². The van der Waals surface area contributed by atoms with Gasteiger partial charge in [-0.3, -0.25) is 9.69 Å². The summed E-state index contributed by atoms with van der Waals surface area (Å²) in [6.45, 7) is 8.38. The summed E-state index contributed by atoms with van der Waals surface area (Å²) in [5.41, 5.74) is -0.0999. The minimum absolute atomic E-state index is 0.00469. The third-order valence-corrected chi connectivity index (χ3v) is 8.13. The van der Waals surface area contributed by atoms with E-state index in [9.17, 15) is 31.2 Å². The van der Waals surface area contributed by atoms with Crippen LogP contribution < -0.4 is 10.1 Å². The third-order valence-electron chi connectivity index (χ3n) is 6.07. The Balaban J connectivity index is 1.76. The van der Waals surface area contributed by atoms with Crippen molar-refractivity contribution in [2.75, 3.05) is 31.9 Å². The molecule has 1 aliphatic heterocycles. The molecule has 2 aromatic carbocycles. The Morgan fingerprint density at radius 2 is 1.68 bits per heavy atom. The molecule has 0 saturated carbocycles. The molecule has 1 aliphatic rings. The van der Waals surface area contributed by atoms with Gasteiger partial charge in [0, 0.05) is 49.9 Å². The summed E-state index contributed by atoms with van der Waals surface area (Å²) in [7, 11) is -3.62. The second kappa shape index (κ2) is 12.9. The van der Waals surface area contributed by atoms with Crippen molar-refractivity contribution in [3.63, 3.8) is 0 Å². The van der Waals surface area contributed by atoms with Crippen molar-refractivity contribution < 1.29 is 40.7 Å². The quantitative estimate of drug-likeness (QED) is 0.443. The summed E-state index contributed by atoms with van der Waals surface area (Å²) in [5, 5.41) is 2.83. The van der Waals surface area contributed by atoms with Crippen molar-refractivity contribution in [2.24, 2.45) is 0 Å². The van der Waals surface area contributed by atoms with Crippen molar-refractivity contribution in [1.82, 2.24) is 15.1 Å². The Hall–Kier alpha value is -3.03. The first-order chi connectivity index (χ1) is 19.0. The van der Waals surface area contributed by atoms with Crippen molar-refractivity contribution in [1.29, 1.82) is 0 Å². The molecule has 9 nitrogen and oxygen atoms in total. The van der Waals surface area contributed by atoms with Gasteiger partial charge in [0.25, 0.3) is 5.91 Å². The lowest BCUT2D eigenvalue weighted by Crippen LogP contribution is -2.49. The first kappa shape index (κ1) is 32.5. The van der Waals surface area contributed by atoms with E-state index in [0.717, 1.165) is 6.07 Å². The summed E-state index contributed by atoms with van der Waals surface area (Å²) in [4.78, 5) is 28.9. The molecule has 2 aromatic rings. The lowest BCUT2D eigenvalue weighted by Gasteiger charge is -2.35. The van der Waals surface area contributed by atoms with E-state index in [0.29, 0.717) is 31.7 Å². The smallest absolute Gasteiger partial charge is 0.444 e. The number of sulfone groups is 1. The molecule has 0 radical (unpaired) electrons. The van der Waals surface area contributed by atoms with Gasteiger partial charge in [0.15, 0.2) is 9.84 Å². The molecule has 1 saturated heterocycles. The molecule has 0 spiro atoms. The fraction of sp³-hybridized carbons (Fsp3) is 0.481. The normalized spacial score (nSPS) is 15.0. The number of carbonyl (C=O) groups excluding carboxylic acids is 2. The molecule has 0 atom stereocenters. The van der Waals surface area contributed by atoms with Gasteiger partial charge in [-0.15, -0.1) is 13.2 Å². The van der Waals surface area contributed by atoms with E-state index in [2.05, 4.69) is 10.1 Å². The molecular weight excluding hydrogens is 587 g/mol. The second-order valence-corrected chi connectivity index (χ2v) is 13.2. The summed E-state index contributed by atoms with van der Waals surface area (Å²) in [6, 6.07) is 7.80. The maximum atomic E-state index is 13.0. The van der Waals surface area contributed by atoms with Crippen molar-refractivity contribution in [3.8, 4) is 5.75 Å². The average molecular weight is 620 g/mol. The van der Waals surface area contributed by atoms with Crippen molar-refractivity contribution >= 4 is 33.4 Å². The maximum Gasteiger partial charge on any atom is 0.573 e. The standard InChI is InChI=1S/C27H33ClF3N3O6S/c1-5-41(37,38)23-7-6-21(28)14-20(23)16-32-24(35)19-12-18(13-22(15-19)39-27(29,30)31)17-33-8-10-34(11-9-33)25(36)40-26(2,3)4/h6-7,12-15H,5,8-11,16-17H2,1-4H3,(H,32,35). The fourth-order valence-electron chi connectivity index (χ4n) is 4.17. The highest BCUT2D eigenvalue weighted by Gasteiger charge is 2.32. The van der Waals surface area contributed by atoms with Crippen molar-refractivity contribution in [2.45, 2.75) is 57.6 Å². The molecule has 2 amide bonds. The molecule has 1 fully saturated rings. The minimum Gasteiger partial charge on any atom is -0.444 e. The zero-order valence-corrected chi connectivity index (χ0v) is 24.8. The number of rotatable bonds is 8. The zero-order chi connectivity index (χ0) is 30.6. The number of carbonyl (C=O) groups is 2. The van der Waals surface area contributed by atoms with Gasteiger partial charge in [0.1, 0.15) is 11.4 Å². The van der Waals surface area contributed by atoms with Crippen LogP contribution >= 0.6 is 11.6 Å². The molecule has 226 valence electrons.